The van der Waals surface area contributed by atoms with Crippen LogP contribution < -0.4 is 0 Å². The van der Waals surface area contributed by atoms with E-state index in [4.69, 9.17) is 9.47 Å². The van der Waals surface area contributed by atoms with Gasteiger partial charge in [-0.3, -0.25) is 4.98 Å². The van der Waals surface area contributed by atoms with Crippen LogP contribution >= 0.6 is 0 Å². The van der Waals surface area contributed by atoms with Crippen LogP contribution in [0.3, 0.4) is 0 Å². The average Bonchev–Trinajstić information content (AvgIpc) is 2.73. The molecular formula is C16H15NO4. The molecular weight excluding hydrogens is 270 g/mol. The van der Waals surface area contributed by atoms with Gasteiger partial charge in [-0.2, -0.15) is 0 Å². The lowest BCUT2D eigenvalue weighted by Gasteiger charge is -2.21. The molecule has 5 heteroatoms. The number of aromatic nitrogens is 1. The van der Waals surface area contributed by atoms with Crippen LogP contribution in [0.4, 0.5) is 0 Å². The van der Waals surface area contributed by atoms with Crippen LogP contribution in [0.25, 0.3) is 10.8 Å². The Balaban J connectivity index is 1.93. The molecule has 1 saturated heterocycles. The second kappa shape index (κ2) is 4.84. The predicted molar refractivity (Wildman–Crippen MR) is 75.7 cm³/mol. The number of fused-ring (bicyclic) bond motifs is 1. The first-order valence-corrected chi connectivity index (χ1v) is 6.69. The van der Waals surface area contributed by atoms with Crippen molar-refractivity contribution in [3.8, 4) is 0 Å². The van der Waals surface area contributed by atoms with Crippen molar-refractivity contribution >= 4 is 22.7 Å². The van der Waals surface area contributed by atoms with Crippen LogP contribution in [0.1, 0.15) is 24.2 Å². The SMILES string of the molecule is CC1(C)COC(=O)[C@@H]1OC(=O)c1cncc2ccccc12. The zero-order valence-corrected chi connectivity index (χ0v) is 11.8. The smallest absolute Gasteiger partial charge is 0.348 e. The van der Waals surface area contributed by atoms with Crippen molar-refractivity contribution < 1.29 is 19.1 Å². The van der Waals surface area contributed by atoms with Gasteiger partial charge in [-0.1, -0.05) is 38.1 Å². The standard InChI is InChI=1S/C16H15NO4/c1-16(2)9-20-15(19)13(16)21-14(18)12-8-17-7-10-5-3-4-6-11(10)12/h3-8,13H,9H2,1-2H3/t13-/m0/s1. The van der Waals surface area contributed by atoms with E-state index in [1.807, 2.05) is 38.1 Å². The maximum Gasteiger partial charge on any atom is 0.348 e. The van der Waals surface area contributed by atoms with Crippen LogP contribution in [-0.2, 0) is 14.3 Å². The Morgan fingerprint density at radius 2 is 2.10 bits per heavy atom. The van der Waals surface area contributed by atoms with E-state index in [0.717, 1.165) is 10.8 Å². The minimum Gasteiger partial charge on any atom is -0.462 e. The third-order valence-electron chi connectivity index (χ3n) is 3.62. The van der Waals surface area contributed by atoms with E-state index >= 15 is 0 Å². The number of cyclic esters (lactones) is 1. The molecule has 21 heavy (non-hydrogen) atoms. The van der Waals surface area contributed by atoms with Gasteiger partial charge in [0.1, 0.15) is 6.61 Å². The number of nitrogens with zero attached hydrogens (tertiary/aromatic N) is 1. The molecule has 1 aliphatic heterocycles. The van der Waals surface area contributed by atoms with Crippen LogP contribution in [0.15, 0.2) is 36.7 Å². The summed E-state index contributed by atoms with van der Waals surface area (Å²) in [4.78, 5) is 28.1. The molecule has 1 aromatic carbocycles. The predicted octanol–water partition coefficient (Wildman–Crippen LogP) is 2.34. The summed E-state index contributed by atoms with van der Waals surface area (Å²) in [5.74, 6) is -1.06. The number of carbonyl (C=O) groups is 2. The lowest BCUT2D eigenvalue weighted by Crippen LogP contribution is -2.35. The summed E-state index contributed by atoms with van der Waals surface area (Å²) in [5, 5.41) is 1.60. The first kappa shape index (κ1) is 13.5. The summed E-state index contributed by atoms with van der Waals surface area (Å²) in [6.07, 6.45) is 2.25. The lowest BCUT2D eigenvalue weighted by molar-refractivity contribution is -0.145. The van der Waals surface area contributed by atoms with E-state index in [-0.39, 0.29) is 6.61 Å². The van der Waals surface area contributed by atoms with Crippen molar-refractivity contribution in [2.75, 3.05) is 6.61 Å². The highest BCUT2D eigenvalue weighted by molar-refractivity contribution is 6.04. The van der Waals surface area contributed by atoms with Crippen LogP contribution in [0.5, 0.6) is 0 Å². The Morgan fingerprint density at radius 1 is 1.33 bits per heavy atom. The highest BCUT2D eigenvalue weighted by Crippen LogP contribution is 2.32. The van der Waals surface area contributed by atoms with E-state index in [2.05, 4.69) is 4.98 Å². The van der Waals surface area contributed by atoms with Gasteiger partial charge in [0.25, 0.3) is 0 Å². The van der Waals surface area contributed by atoms with Crippen molar-refractivity contribution in [2.45, 2.75) is 20.0 Å². The molecule has 2 heterocycles. The van der Waals surface area contributed by atoms with Crippen molar-refractivity contribution in [2.24, 2.45) is 5.41 Å². The van der Waals surface area contributed by atoms with E-state index < -0.39 is 23.5 Å². The third kappa shape index (κ3) is 2.35. The third-order valence-corrected chi connectivity index (χ3v) is 3.62. The van der Waals surface area contributed by atoms with Crippen molar-refractivity contribution in [1.82, 2.24) is 4.98 Å². The highest BCUT2D eigenvalue weighted by atomic mass is 16.6. The molecule has 1 fully saturated rings. The molecule has 0 unspecified atom stereocenters. The normalized spacial score (nSPS) is 20.3. The maximum absolute atomic E-state index is 12.4. The summed E-state index contributed by atoms with van der Waals surface area (Å²) in [6.45, 7) is 3.91. The van der Waals surface area contributed by atoms with E-state index in [1.165, 1.54) is 6.20 Å². The topological polar surface area (TPSA) is 65.5 Å². The summed E-state index contributed by atoms with van der Waals surface area (Å²) < 4.78 is 10.4. The van der Waals surface area contributed by atoms with Gasteiger partial charge in [-0.05, 0) is 5.39 Å². The van der Waals surface area contributed by atoms with E-state index in [1.54, 1.807) is 6.20 Å². The lowest BCUT2D eigenvalue weighted by atomic mass is 9.90. The minimum absolute atomic E-state index is 0.248. The number of hydrogen-bond donors (Lipinski definition) is 0. The molecule has 0 amide bonds. The molecule has 5 nitrogen and oxygen atoms in total. The first-order valence-electron chi connectivity index (χ1n) is 6.69. The number of benzene rings is 1. The summed E-state index contributed by atoms with van der Waals surface area (Å²) in [7, 11) is 0. The van der Waals surface area contributed by atoms with Gasteiger partial charge in [0.05, 0.1) is 5.56 Å². The fourth-order valence-corrected chi connectivity index (χ4v) is 2.38. The van der Waals surface area contributed by atoms with Gasteiger partial charge in [-0.25, -0.2) is 9.59 Å². The zero-order valence-electron chi connectivity index (χ0n) is 11.8. The number of esters is 2. The van der Waals surface area contributed by atoms with Gasteiger partial charge in [-0.15, -0.1) is 0 Å². The van der Waals surface area contributed by atoms with E-state index in [0.29, 0.717) is 5.56 Å². The number of ether oxygens (including phenoxy) is 2. The Bertz CT molecular complexity index is 718. The maximum atomic E-state index is 12.4. The van der Waals surface area contributed by atoms with Gasteiger partial charge < -0.3 is 9.47 Å². The van der Waals surface area contributed by atoms with Crippen molar-refractivity contribution in [3.05, 3.63) is 42.2 Å². The second-order valence-corrected chi connectivity index (χ2v) is 5.79. The van der Waals surface area contributed by atoms with Gasteiger partial charge in [0.15, 0.2) is 0 Å². The van der Waals surface area contributed by atoms with Gasteiger partial charge in [0.2, 0.25) is 6.10 Å². The van der Waals surface area contributed by atoms with E-state index in [9.17, 15) is 9.59 Å². The summed E-state index contributed by atoms with van der Waals surface area (Å²) >= 11 is 0. The molecule has 1 aliphatic rings. The molecule has 0 spiro atoms. The quantitative estimate of drug-likeness (QED) is 0.792. The molecule has 0 aliphatic carbocycles. The van der Waals surface area contributed by atoms with Crippen LogP contribution in [-0.4, -0.2) is 29.6 Å². The molecule has 108 valence electrons. The summed E-state index contributed by atoms with van der Waals surface area (Å²) in [6, 6.07) is 7.40. The Labute approximate surface area is 121 Å². The Hall–Kier alpha value is -2.43. The molecule has 2 aromatic rings. The molecule has 3 rings (SSSR count). The fraction of sp³-hybridized carbons (Fsp3) is 0.312. The molecule has 1 atom stereocenters. The molecule has 0 bridgehead atoms. The number of pyridine rings is 1. The average molecular weight is 285 g/mol. The molecule has 0 radical (unpaired) electrons. The molecule has 0 N–H and O–H groups in total. The van der Waals surface area contributed by atoms with Crippen molar-refractivity contribution in [1.29, 1.82) is 0 Å². The largest absolute Gasteiger partial charge is 0.462 e. The van der Waals surface area contributed by atoms with Gasteiger partial charge >= 0.3 is 11.9 Å². The number of rotatable bonds is 2. The number of hydrogen-bond acceptors (Lipinski definition) is 5. The fourth-order valence-electron chi connectivity index (χ4n) is 2.38. The minimum atomic E-state index is -0.885. The summed E-state index contributed by atoms with van der Waals surface area (Å²) in [5.41, 5.74) is -0.173. The molecule has 1 aromatic heterocycles. The monoisotopic (exact) mass is 285 g/mol. The van der Waals surface area contributed by atoms with Crippen LogP contribution in [0, 0.1) is 5.41 Å². The van der Waals surface area contributed by atoms with Crippen molar-refractivity contribution in [3.63, 3.8) is 0 Å². The first-order chi connectivity index (χ1) is 9.99. The Morgan fingerprint density at radius 3 is 2.81 bits per heavy atom. The van der Waals surface area contributed by atoms with Crippen LogP contribution in [0.2, 0.25) is 0 Å². The zero-order chi connectivity index (χ0) is 15.0. The second-order valence-electron chi connectivity index (χ2n) is 5.79. The Kier molecular flexibility index (Phi) is 3.12. The van der Waals surface area contributed by atoms with Gasteiger partial charge in [0, 0.05) is 23.2 Å². The molecule has 0 saturated carbocycles. The highest BCUT2D eigenvalue weighted by Gasteiger charge is 2.46. The number of carbonyl (C=O) groups excluding carboxylic acids is 2.